The lowest BCUT2D eigenvalue weighted by Gasteiger charge is -2.14. The highest BCUT2D eigenvalue weighted by molar-refractivity contribution is 14.0. The number of nitrogens with one attached hydrogen (secondary N) is 2. The van der Waals surface area contributed by atoms with Gasteiger partial charge in [-0.15, -0.1) is 24.0 Å². The first kappa shape index (κ1) is 27.2. The van der Waals surface area contributed by atoms with Crippen LogP contribution >= 0.6 is 24.0 Å². The third-order valence-corrected chi connectivity index (χ3v) is 6.05. The molecule has 0 radical (unpaired) electrons. The van der Waals surface area contributed by atoms with Gasteiger partial charge in [-0.2, -0.15) is 0 Å². The molecule has 0 amide bonds. The SMILES string of the molecule is CCNC(=NCCC(C)c1ccc(OC)cc1)NCCc1ccc(S(C)(=O)=O)cc1.I. The van der Waals surface area contributed by atoms with Crippen LogP contribution in [0.15, 0.2) is 58.4 Å². The largest absolute Gasteiger partial charge is 0.497 e. The Hall–Kier alpha value is -1.81. The number of sulfone groups is 1. The van der Waals surface area contributed by atoms with Crippen molar-refractivity contribution in [2.75, 3.05) is 33.0 Å². The molecule has 2 aromatic rings. The summed E-state index contributed by atoms with van der Waals surface area (Å²) in [6.45, 7) is 6.49. The molecule has 2 aromatic carbocycles. The lowest BCUT2D eigenvalue weighted by Crippen LogP contribution is -2.38. The molecule has 1 unspecified atom stereocenters. The molecular weight excluding hydrogens is 525 g/mol. The second kappa shape index (κ2) is 13.6. The van der Waals surface area contributed by atoms with E-state index in [4.69, 9.17) is 4.74 Å². The quantitative estimate of drug-likeness (QED) is 0.261. The van der Waals surface area contributed by atoms with E-state index >= 15 is 0 Å². The van der Waals surface area contributed by atoms with Crippen LogP contribution in [0, 0.1) is 0 Å². The van der Waals surface area contributed by atoms with Gasteiger partial charge in [0.15, 0.2) is 15.8 Å². The van der Waals surface area contributed by atoms with Crippen molar-refractivity contribution in [2.24, 2.45) is 4.99 Å². The number of aliphatic imine (C=N–C) groups is 1. The Labute approximate surface area is 203 Å². The highest BCUT2D eigenvalue weighted by atomic mass is 127. The predicted octanol–water partition coefficient (Wildman–Crippen LogP) is 4.01. The second-order valence-corrected chi connectivity index (χ2v) is 9.33. The zero-order valence-electron chi connectivity index (χ0n) is 18.7. The van der Waals surface area contributed by atoms with E-state index in [0.29, 0.717) is 10.8 Å². The highest BCUT2D eigenvalue weighted by Gasteiger charge is 2.07. The molecule has 0 aliphatic heterocycles. The standard InChI is InChI=1S/C23H33N3O3S.HI/c1-5-24-23(25-16-14-18(2)20-8-10-21(29-3)11-9-20)26-17-15-19-6-12-22(13-7-19)30(4,27)28;/h6-13,18H,5,14-17H2,1-4H3,(H2,24,25,26);1H. The third-order valence-electron chi connectivity index (χ3n) is 4.92. The molecule has 6 nitrogen and oxygen atoms in total. The molecule has 8 heteroatoms. The summed E-state index contributed by atoms with van der Waals surface area (Å²) in [5.74, 6) is 2.08. The Morgan fingerprint density at radius 3 is 2.26 bits per heavy atom. The Bertz CT molecular complexity index is 914. The first-order chi connectivity index (χ1) is 14.3. The topological polar surface area (TPSA) is 79.8 Å². The number of hydrogen-bond donors (Lipinski definition) is 2. The maximum absolute atomic E-state index is 11.5. The summed E-state index contributed by atoms with van der Waals surface area (Å²) in [4.78, 5) is 5.03. The van der Waals surface area contributed by atoms with Gasteiger partial charge in [-0.25, -0.2) is 8.42 Å². The van der Waals surface area contributed by atoms with Crippen LogP contribution in [-0.2, 0) is 16.3 Å². The minimum Gasteiger partial charge on any atom is -0.497 e. The summed E-state index contributed by atoms with van der Waals surface area (Å²) in [5, 5.41) is 6.62. The summed E-state index contributed by atoms with van der Waals surface area (Å²) in [6, 6.07) is 15.2. The Kier molecular flexibility index (Phi) is 11.9. The molecular formula is C23H34IN3O3S. The number of methoxy groups -OCH3 is 1. The summed E-state index contributed by atoms with van der Waals surface area (Å²) >= 11 is 0. The second-order valence-electron chi connectivity index (χ2n) is 7.32. The lowest BCUT2D eigenvalue weighted by molar-refractivity contribution is 0.414. The molecule has 172 valence electrons. The molecule has 31 heavy (non-hydrogen) atoms. The maximum atomic E-state index is 11.5. The van der Waals surface area contributed by atoms with E-state index < -0.39 is 9.84 Å². The van der Waals surface area contributed by atoms with E-state index in [2.05, 4.69) is 34.7 Å². The van der Waals surface area contributed by atoms with Crippen LogP contribution in [0.2, 0.25) is 0 Å². The van der Waals surface area contributed by atoms with Crippen LogP contribution in [0.1, 0.15) is 37.3 Å². The molecule has 0 spiro atoms. The van der Waals surface area contributed by atoms with Crippen LogP contribution in [-0.4, -0.2) is 47.4 Å². The van der Waals surface area contributed by atoms with Gasteiger partial charge in [0.05, 0.1) is 12.0 Å². The fraction of sp³-hybridized carbons (Fsp3) is 0.435. The number of benzene rings is 2. The van der Waals surface area contributed by atoms with Crippen molar-refractivity contribution in [1.82, 2.24) is 10.6 Å². The van der Waals surface area contributed by atoms with E-state index in [1.54, 1.807) is 19.2 Å². The number of hydrogen-bond acceptors (Lipinski definition) is 4. The van der Waals surface area contributed by atoms with Crippen molar-refractivity contribution in [3.05, 3.63) is 59.7 Å². The molecule has 0 saturated heterocycles. The number of halogens is 1. The van der Waals surface area contributed by atoms with Gasteiger partial charge in [0.1, 0.15) is 5.75 Å². The van der Waals surface area contributed by atoms with Crippen LogP contribution in [0.3, 0.4) is 0 Å². The summed E-state index contributed by atoms with van der Waals surface area (Å²) in [7, 11) is -1.48. The van der Waals surface area contributed by atoms with Crippen LogP contribution < -0.4 is 15.4 Å². The fourth-order valence-corrected chi connectivity index (χ4v) is 3.67. The normalized spacial score (nSPS) is 12.6. The van der Waals surface area contributed by atoms with Crippen molar-refractivity contribution < 1.29 is 13.2 Å². The molecule has 0 saturated carbocycles. The van der Waals surface area contributed by atoms with E-state index in [9.17, 15) is 8.42 Å². The van der Waals surface area contributed by atoms with Crippen LogP contribution in [0.25, 0.3) is 0 Å². The van der Waals surface area contributed by atoms with E-state index in [-0.39, 0.29) is 24.0 Å². The molecule has 0 aliphatic rings. The first-order valence-electron chi connectivity index (χ1n) is 10.3. The minimum atomic E-state index is -3.15. The number of nitrogens with zero attached hydrogens (tertiary/aromatic N) is 1. The number of rotatable bonds is 10. The maximum Gasteiger partial charge on any atom is 0.191 e. The van der Waals surface area contributed by atoms with Crippen molar-refractivity contribution in [1.29, 1.82) is 0 Å². The molecule has 2 N–H and O–H groups in total. The van der Waals surface area contributed by atoms with Crippen molar-refractivity contribution in [3.63, 3.8) is 0 Å². The van der Waals surface area contributed by atoms with Gasteiger partial charge < -0.3 is 15.4 Å². The fourth-order valence-electron chi connectivity index (χ4n) is 3.04. The summed E-state index contributed by atoms with van der Waals surface area (Å²) in [5.41, 5.74) is 2.36. The summed E-state index contributed by atoms with van der Waals surface area (Å²) in [6.07, 6.45) is 2.96. The monoisotopic (exact) mass is 559 g/mol. The smallest absolute Gasteiger partial charge is 0.191 e. The van der Waals surface area contributed by atoms with Gasteiger partial charge in [0, 0.05) is 25.9 Å². The van der Waals surface area contributed by atoms with Gasteiger partial charge in [0.25, 0.3) is 0 Å². The Morgan fingerprint density at radius 2 is 1.71 bits per heavy atom. The zero-order valence-corrected chi connectivity index (χ0v) is 21.9. The minimum absolute atomic E-state index is 0. The zero-order chi connectivity index (χ0) is 22.0. The molecule has 1 atom stereocenters. The van der Waals surface area contributed by atoms with Gasteiger partial charge in [-0.3, -0.25) is 4.99 Å². The van der Waals surface area contributed by atoms with Crippen LogP contribution in [0.4, 0.5) is 0 Å². The molecule has 0 aromatic heterocycles. The van der Waals surface area contributed by atoms with Crippen molar-refractivity contribution >= 4 is 39.8 Å². The molecule has 0 heterocycles. The van der Waals surface area contributed by atoms with E-state index in [0.717, 1.165) is 49.7 Å². The van der Waals surface area contributed by atoms with Gasteiger partial charge in [-0.1, -0.05) is 31.2 Å². The average Bonchev–Trinajstić information content (AvgIpc) is 2.73. The molecule has 2 rings (SSSR count). The Balaban J connectivity index is 0.00000480. The Morgan fingerprint density at radius 1 is 1.06 bits per heavy atom. The number of guanidine groups is 1. The van der Waals surface area contributed by atoms with Gasteiger partial charge in [-0.05, 0) is 61.1 Å². The van der Waals surface area contributed by atoms with Gasteiger partial charge in [0.2, 0.25) is 0 Å². The number of ether oxygens (including phenoxy) is 1. The molecule has 0 bridgehead atoms. The molecule has 0 fully saturated rings. The van der Waals surface area contributed by atoms with Gasteiger partial charge >= 0.3 is 0 Å². The average molecular weight is 560 g/mol. The van der Waals surface area contributed by atoms with E-state index in [1.165, 1.54) is 11.8 Å². The lowest BCUT2D eigenvalue weighted by atomic mass is 9.98. The first-order valence-corrected chi connectivity index (χ1v) is 12.2. The van der Waals surface area contributed by atoms with Crippen molar-refractivity contribution in [2.45, 2.75) is 37.5 Å². The van der Waals surface area contributed by atoms with E-state index in [1.807, 2.05) is 31.2 Å². The summed E-state index contributed by atoms with van der Waals surface area (Å²) < 4.78 is 28.3. The molecule has 0 aliphatic carbocycles. The third kappa shape index (κ3) is 9.47. The predicted molar refractivity (Wildman–Crippen MR) is 139 cm³/mol. The van der Waals surface area contributed by atoms with Crippen LogP contribution in [0.5, 0.6) is 5.75 Å². The highest BCUT2D eigenvalue weighted by Crippen LogP contribution is 2.21. The van der Waals surface area contributed by atoms with Crippen molar-refractivity contribution in [3.8, 4) is 5.75 Å².